The second kappa shape index (κ2) is 5.55. The Kier molecular flexibility index (Phi) is 3.58. The number of anilines is 1. The van der Waals surface area contributed by atoms with E-state index in [4.69, 9.17) is 13.9 Å². The van der Waals surface area contributed by atoms with Crippen molar-refractivity contribution in [2.24, 2.45) is 0 Å². The van der Waals surface area contributed by atoms with Crippen molar-refractivity contribution in [1.82, 2.24) is 0 Å². The summed E-state index contributed by atoms with van der Waals surface area (Å²) in [6.07, 6.45) is 0.667. The number of furan rings is 1. The number of carbonyl (C=O) groups is 2. The van der Waals surface area contributed by atoms with E-state index >= 15 is 0 Å². The first kappa shape index (κ1) is 14.2. The van der Waals surface area contributed by atoms with Crippen LogP contribution in [0.25, 0.3) is 0 Å². The van der Waals surface area contributed by atoms with E-state index in [1.54, 1.807) is 48.4 Å². The maximum Gasteiger partial charge on any atom is 0.303 e. The summed E-state index contributed by atoms with van der Waals surface area (Å²) in [5.74, 6) is 0.496. The molecular formula is C16H15NO5. The third kappa shape index (κ3) is 2.32. The largest absolute Gasteiger partial charge is 0.497 e. The summed E-state index contributed by atoms with van der Waals surface area (Å²) in [7, 11) is 1.58. The lowest BCUT2D eigenvalue weighted by Crippen LogP contribution is -2.60. The Bertz CT molecular complexity index is 677. The topological polar surface area (TPSA) is 69.0 Å². The monoisotopic (exact) mass is 301 g/mol. The van der Waals surface area contributed by atoms with Gasteiger partial charge < -0.3 is 13.9 Å². The molecule has 1 aromatic carbocycles. The zero-order chi connectivity index (χ0) is 15.7. The van der Waals surface area contributed by atoms with Crippen molar-refractivity contribution in [3.63, 3.8) is 0 Å². The highest BCUT2D eigenvalue weighted by atomic mass is 16.6. The van der Waals surface area contributed by atoms with E-state index in [2.05, 4.69) is 0 Å². The molecule has 1 amide bonds. The Morgan fingerprint density at radius 1 is 1.23 bits per heavy atom. The minimum Gasteiger partial charge on any atom is -0.497 e. The lowest BCUT2D eigenvalue weighted by atomic mass is 9.94. The number of rotatable bonds is 4. The van der Waals surface area contributed by atoms with Crippen LogP contribution in [0, 0.1) is 0 Å². The van der Waals surface area contributed by atoms with Gasteiger partial charge in [-0.15, -0.1) is 0 Å². The standard InChI is InChI=1S/C16H15NO5/c1-10(18)22-15-14(13-4-3-9-21-13)17(16(15)19)11-5-7-12(20-2)8-6-11/h3-9,14-15H,1-2H3. The summed E-state index contributed by atoms with van der Waals surface area (Å²) in [4.78, 5) is 25.1. The maximum absolute atomic E-state index is 12.3. The van der Waals surface area contributed by atoms with Crippen LogP contribution in [0.3, 0.4) is 0 Å². The number of esters is 1. The fourth-order valence-electron chi connectivity index (χ4n) is 2.52. The van der Waals surface area contributed by atoms with Crippen LogP contribution in [0.5, 0.6) is 5.75 Å². The number of carbonyl (C=O) groups excluding carboxylic acids is 2. The van der Waals surface area contributed by atoms with Crippen LogP contribution in [0.15, 0.2) is 47.1 Å². The number of hydrogen-bond donors (Lipinski definition) is 0. The molecule has 0 spiro atoms. The summed E-state index contributed by atoms with van der Waals surface area (Å²) in [5.41, 5.74) is 0.690. The van der Waals surface area contributed by atoms with Gasteiger partial charge in [-0.3, -0.25) is 14.5 Å². The van der Waals surface area contributed by atoms with Gasteiger partial charge in [-0.1, -0.05) is 0 Å². The number of β-lactam (4-membered cyclic amide) rings is 1. The molecular weight excluding hydrogens is 286 g/mol. The lowest BCUT2D eigenvalue weighted by Gasteiger charge is -2.44. The predicted molar refractivity (Wildman–Crippen MR) is 77.5 cm³/mol. The van der Waals surface area contributed by atoms with Gasteiger partial charge in [0, 0.05) is 12.6 Å². The molecule has 0 N–H and O–H groups in total. The smallest absolute Gasteiger partial charge is 0.303 e. The maximum atomic E-state index is 12.3. The zero-order valence-corrected chi connectivity index (χ0v) is 12.2. The van der Waals surface area contributed by atoms with Crippen LogP contribution in [0.1, 0.15) is 18.7 Å². The van der Waals surface area contributed by atoms with E-state index in [0.717, 1.165) is 0 Å². The molecule has 3 rings (SSSR count). The van der Waals surface area contributed by atoms with E-state index in [0.29, 0.717) is 17.2 Å². The molecule has 0 radical (unpaired) electrons. The molecule has 0 aliphatic carbocycles. The summed E-state index contributed by atoms with van der Waals surface area (Å²) in [6, 6.07) is 10.1. The molecule has 6 heteroatoms. The first-order valence-corrected chi connectivity index (χ1v) is 6.79. The van der Waals surface area contributed by atoms with Crippen molar-refractivity contribution < 1.29 is 23.5 Å². The van der Waals surface area contributed by atoms with E-state index < -0.39 is 18.1 Å². The molecule has 1 fully saturated rings. The van der Waals surface area contributed by atoms with E-state index in [9.17, 15) is 9.59 Å². The number of amides is 1. The molecule has 2 unspecified atom stereocenters. The van der Waals surface area contributed by atoms with Crippen molar-refractivity contribution in [2.75, 3.05) is 12.0 Å². The Labute approximate surface area is 127 Å². The summed E-state index contributed by atoms with van der Waals surface area (Å²) < 4.78 is 15.6. The first-order valence-electron chi connectivity index (χ1n) is 6.79. The molecule has 6 nitrogen and oxygen atoms in total. The Morgan fingerprint density at radius 2 is 1.95 bits per heavy atom. The van der Waals surface area contributed by atoms with Crippen molar-refractivity contribution in [3.8, 4) is 5.75 Å². The van der Waals surface area contributed by atoms with E-state index in [1.807, 2.05) is 0 Å². The Morgan fingerprint density at radius 3 is 2.50 bits per heavy atom. The summed E-state index contributed by atoms with van der Waals surface area (Å²) in [5, 5.41) is 0. The molecule has 1 aliphatic heterocycles. The molecule has 0 bridgehead atoms. The molecule has 114 valence electrons. The normalized spacial score (nSPS) is 20.5. The molecule has 2 atom stereocenters. The van der Waals surface area contributed by atoms with Gasteiger partial charge in [0.05, 0.1) is 13.4 Å². The van der Waals surface area contributed by atoms with Crippen LogP contribution in [-0.4, -0.2) is 25.1 Å². The van der Waals surface area contributed by atoms with Gasteiger partial charge in [0.1, 0.15) is 17.6 Å². The zero-order valence-electron chi connectivity index (χ0n) is 12.2. The van der Waals surface area contributed by atoms with Crippen molar-refractivity contribution in [3.05, 3.63) is 48.4 Å². The third-order valence-corrected chi connectivity index (χ3v) is 3.52. The average molecular weight is 301 g/mol. The van der Waals surface area contributed by atoms with Gasteiger partial charge in [-0.05, 0) is 36.4 Å². The van der Waals surface area contributed by atoms with Crippen LogP contribution < -0.4 is 9.64 Å². The minimum absolute atomic E-state index is 0.276. The van der Waals surface area contributed by atoms with Gasteiger partial charge in [-0.25, -0.2) is 0 Å². The second-order valence-electron chi connectivity index (χ2n) is 4.90. The molecule has 2 aromatic rings. The summed E-state index contributed by atoms with van der Waals surface area (Å²) >= 11 is 0. The highest BCUT2D eigenvalue weighted by Gasteiger charge is 2.53. The molecule has 0 saturated carbocycles. The van der Waals surface area contributed by atoms with Gasteiger partial charge in [0.2, 0.25) is 6.10 Å². The average Bonchev–Trinajstić information content (AvgIpc) is 3.03. The quantitative estimate of drug-likeness (QED) is 0.640. The first-order chi connectivity index (χ1) is 10.6. The van der Waals surface area contributed by atoms with Gasteiger partial charge in [0.25, 0.3) is 5.91 Å². The predicted octanol–water partition coefficient (Wildman–Crippen LogP) is 2.31. The number of hydrogen-bond acceptors (Lipinski definition) is 5. The highest BCUT2D eigenvalue weighted by Crippen LogP contribution is 2.41. The molecule has 1 saturated heterocycles. The fraction of sp³-hybridized carbons (Fsp3) is 0.250. The SMILES string of the molecule is COc1ccc(N2C(=O)C(OC(C)=O)C2c2ccco2)cc1. The Hall–Kier alpha value is -2.76. The number of methoxy groups -OCH3 is 1. The van der Waals surface area contributed by atoms with Gasteiger partial charge in [-0.2, -0.15) is 0 Å². The Balaban J connectivity index is 1.91. The van der Waals surface area contributed by atoms with Gasteiger partial charge >= 0.3 is 5.97 Å². The lowest BCUT2D eigenvalue weighted by molar-refractivity contribution is -0.161. The van der Waals surface area contributed by atoms with Crippen LogP contribution in [-0.2, 0) is 14.3 Å². The third-order valence-electron chi connectivity index (χ3n) is 3.52. The minimum atomic E-state index is -0.856. The number of ether oxygens (including phenoxy) is 2. The van der Waals surface area contributed by atoms with E-state index in [1.165, 1.54) is 13.2 Å². The number of benzene rings is 1. The fourth-order valence-corrected chi connectivity index (χ4v) is 2.52. The van der Waals surface area contributed by atoms with E-state index in [-0.39, 0.29) is 5.91 Å². The van der Waals surface area contributed by atoms with Crippen LogP contribution in [0.2, 0.25) is 0 Å². The highest BCUT2D eigenvalue weighted by molar-refractivity contribution is 6.05. The summed E-state index contributed by atoms with van der Waals surface area (Å²) in [6.45, 7) is 1.28. The van der Waals surface area contributed by atoms with Crippen molar-refractivity contribution in [2.45, 2.75) is 19.1 Å². The molecule has 2 heterocycles. The van der Waals surface area contributed by atoms with Crippen LogP contribution >= 0.6 is 0 Å². The van der Waals surface area contributed by atoms with Crippen LogP contribution in [0.4, 0.5) is 5.69 Å². The van der Waals surface area contributed by atoms with Gasteiger partial charge in [0.15, 0.2) is 0 Å². The number of nitrogens with zero attached hydrogens (tertiary/aromatic N) is 1. The molecule has 1 aromatic heterocycles. The molecule has 22 heavy (non-hydrogen) atoms. The van der Waals surface area contributed by atoms with Crippen molar-refractivity contribution in [1.29, 1.82) is 0 Å². The van der Waals surface area contributed by atoms with Crippen molar-refractivity contribution >= 4 is 17.6 Å². The molecule has 1 aliphatic rings. The second-order valence-corrected chi connectivity index (χ2v) is 4.90.